The molecule has 2 amide bonds. The summed E-state index contributed by atoms with van der Waals surface area (Å²) >= 11 is 3.24. The summed E-state index contributed by atoms with van der Waals surface area (Å²) in [4.78, 5) is 27.6. The summed E-state index contributed by atoms with van der Waals surface area (Å²) in [5.74, 6) is 0.127. The molecule has 2 aromatic heterocycles. The molecule has 0 spiro atoms. The molecular formula is C22H21N3O3S2. The molecule has 30 heavy (non-hydrogen) atoms. The van der Waals surface area contributed by atoms with E-state index >= 15 is 0 Å². The number of hydrazone groups is 1. The molecule has 4 rings (SSSR count). The average molecular weight is 440 g/mol. The molecule has 0 bridgehead atoms. The van der Waals surface area contributed by atoms with E-state index in [9.17, 15) is 9.59 Å². The normalized spacial score (nSPS) is 15.7. The summed E-state index contributed by atoms with van der Waals surface area (Å²) in [5, 5.41) is 12.9. The number of nitrogens with zero attached hydrogens (tertiary/aromatic N) is 2. The van der Waals surface area contributed by atoms with Crippen LogP contribution in [-0.2, 0) is 4.79 Å². The maximum absolute atomic E-state index is 13.0. The third-order valence-corrected chi connectivity index (χ3v) is 6.97. The van der Waals surface area contributed by atoms with E-state index in [2.05, 4.69) is 16.5 Å². The quantitative estimate of drug-likeness (QED) is 0.625. The van der Waals surface area contributed by atoms with Gasteiger partial charge in [-0.25, -0.2) is 5.01 Å². The van der Waals surface area contributed by atoms with Crippen LogP contribution in [0.25, 0.3) is 0 Å². The first kappa shape index (κ1) is 20.3. The summed E-state index contributed by atoms with van der Waals surface area (Å²) in [7, 11) is 1.57. The van der Waals surface area contributed by atoms with E-state index in [1.807, 2.05) is 29.8 Å². The molecule has 1 aliphatic rings. The van der Waals surface area contributed by atoms with Crippen molar-refractivity contribution in [1.29, 1.82) is 0 Å². The smallest absolute Gasteiger partial charge is 0.262 e. The van der Waals surface area contributed by atoms with Gasteiger partial charge in [-0.15, -0.1) is 22.7 Å². The minimum Gasteiger partial charge on any atom is -0.497 e. The van der Waals surface area contributed by atoms with Gasteiger partial charge >= 0.3 is 0 Å². The summed E-state index contributed by atoms with van der Waals surface area (Å²) in [6.07, 6.45) is 0.667. The zero-order valence-electron chi connectivity index (χ0n) is 16.6. The van der Waals surface area contributed by atoms with Crippen LogP contribution in [-0.4, -0.2) is 36.2 Å². The molecule has 0 fully saturated rings. The highest BCUT2D eigenvalue weighted by molar-refractivity contribution is 7.12. The molecule has 3 aromatic rings. The average Bonchev–Trinajstić information content (AvgIpc) is 3.51. The van der Waals surface area contributed by atoms with Gasteiger partial charge in [0.1, 0.15) is 5.75 Å². The third kappa shape index (κ3) is 4.15. The minimum atomic E-state index is -0.309. The summed E-state index contributed by atoms with van der Waals surface area (Å²) in [5.41, 5.74) is 2.52. The Balaban J connectivity index is 1.49. The van der Waals surface area contributed by atoms with E-state index in [4.69, 9.17) is 4.74 Å². The monoisotopic (exact) mass is 439 g/mol. The molecule has 0 saturated heterocycles. The molecule has 1 aliphatic heterocycles. The van der Waals surface area contributed by atoms with Crippen LogP contribution in [0.4, 0.5) is 0 Å². The van der Waals surface area contributed by atoms with Crippen LogP contribution in [0.2, 0.25) is 0 Å². The highest BCUT2D eigenvalue weighted by Gasteiger charge is 2.34. The van der Waals surface area contributed by atoms with E-state index in [0.29, 0.717) is 17.7 Å². The van der Waals surface area contributed by atoms with Gasteiger partial charge in [0.2, 0.25) is 0 Å². The Morgan fingerprint density at radius 2 is 1.97 bits per heavy atom. The number of hydrogen-bond donors (Lipinski definition) is 1. The van der Waals surface area contributed by atoms with Crippen molar-refractivity contribution in [3.8, 4) is 5.75 Å². The summed E-state index contributed by atoms with van der Waals surface area (Å²) < 4.78 is 5.11. The number of carbonyl (C=O) groups excluding carboxylic acids is 2. The van der Waals surface area contributed by atoms with Gasteiger partial charge in [0.25, 0.3) is 11.8 Å². The lowest BCUT2D eigenvalue weighted by atomic mass is 10.1. The van der Waals surface area contributed by atoms with Crippen molar-refractivity contribution in [2.75, 3.05) is 13.7 Å². The second-order valence-corrected chi connectivity index (χ2v) is 8.76. The highest BCUT2D eigenvalue weighted by atomic mass is 32.1. The topological polar surface area (TPSA) is 71.0 Å². The lowest BCUT2D eigenvalue weighted by Gasteiger charge is -2.21. The standard InChI is InChI=1S/C22H21N3O3S2/c1-14-9-11-30-21(14)18-12-17(19-4-3-10-29-19)24-25(18)20(26)13-23-22(27)15-5-7-16(28-2)8-6-15/h3-11,18H,12-13H2,1-2H3,(H,23,27)/t18-/m0/s1. The number of benzene rings is 1. The van der Waals surface area contributed by atoms with Crippen LogP contribution in [0.15, 0.2) is 58.3 Å². The fraction of sp³-hybridized carbons (Fsp3) is 0.227. The second-order valence-electron chi connectivity index (χ2n) is 6.86. The lowest BCUT2D eigenvalue weighted by Crippen LogP contribution is -2.37. The summed E-state index contributed by atoms with van der Waals surface area (Å²) in [6, 6.07) is 12.7. The van der Waals surface area contributed by atoms with E-state index in [-0.39, 0.29) is 24.4 Å². The van der Waals surface area contributed by atoms with Crippen molar-refractivity contribution < 1.29 is 14.3 Å². The van der Waals surface area contributed by atoms with Crippen molar-refractivity contribution >= 4 is 40.2 Å². The third-order valence-electron chi connectivity index (χ3n) is 4.93. The van der Waals surface area contributed by atoms with E-state index in [1.54, 1.807) is 54.0 Å². The SMILES string of the molecule is COc1ccc(C(=O)NCC(=O)N2N=C(c3cccs3)C[C@H]2c2sccc2C)cc1. The van der Waals surface area contributed by atoms with Gasteiger partial charge in [-0.05, 0) is 59.6 Å². The maximum Gasteiger partial charge on any atom is 0.262 e. The molecule has 0 aliphatic carbocycles. The van der Waals surface area contributed by atoms with Gasteiger partial charge in [-0.2, -0.15) is 5.10 Å². The maximum atomic E-state index is 13.0. The lowest BCUT2D eigenvalue weighted by molar-refractivity contribution is -0.131. The van der Waals surface area contributed by atoms with E-state index in [0.717, 1.165) is 21.0 Å². The Morgan fingerprint density at radius 1 is 1.17 bits per heavy atom. The fourth-order valence-electron chi connectivity index (χ4n) is 3.34. The zero-order chi connectivity index (χ0) is 21.1. The Hall–Kier alpha value is -2.97. The number of rotatable bonds is 6. The zero-order valence-corrected chi connectivity index (χ0v) is 18.3. The first-order valence-corrected chi connectivity index (χ1v) is 11.2. The molecule has 3 heterocycles. The molecule has 0 saturated carbocycles. The van der Waals surface area contributed by atoms with E-state index in [1.165, 1.54) is 5.01 Å². The number of ether oxygens (including phenoxy) is 1. The predicted molar refractivity (Wildman–Crippen MR) is 119 cm³/mol. The van der Waals surface area contributed by atoms with Gasteiger partial charge in [0.15, 0.2) is 0 Å². The van der Waals surface area contributed by atoms with Crippen molar-refractivity contribution in [2.45, 2.75) is 19.4 Å². The van der Waals surface area contributed by atoms with Crippen LogP contribution in [0.5, 0.6) is 5.75 Å². The number of methoxy groups -OCH3 is 1. The molecular weight excluding hydrogens is 418 g/mol. The number of nitrogens with one attached hydrogen (secondary N) is 1. The molecule has 1 N–H and O–H groups in total. The van der Waals surface area contributed by atoms with Crippen LogP contribution < -0.4 is 10.1 Å². The van der Waals surface area contributed by atoms with Gasteiger partial charge < -0.3 is 10.1 Å². The van der Waals surface area contributed by atoms with Crippen LogP contribution in [0, 0.1) is 6.92 Å². The van der Waals surface area contributed by atoms with Crippen molar-refractivity contribution in [3.63, 3.8) is 0 Å². The Kier molecular flexibility index (Phi) is 5.96. The number of carbonyl (C=O) groups is 2. The van der Waals surface area contributed by atoms with Crippen molar-refractivity contribution in [3.05, 3.63) is 74.1 Å². The molecule has 1 atom stereocenters. The second kappa shape index (κ2) is 8.81. The van der Waals surface area contributed by atoms with Crippen LogP contribution >= 0.6 is 22.7 Å². The predicted octanol–water partition coefficient (Wildman–Crippen LogP) is 4.23. The van der Waals surface area contributed by atoms with Gasteiger partial charge in [0.05, 0.1) is 30.3 Å². The van der Waals surface area contributed by atoms with E-state index < -0.39 is 0 Å². The first-order chi connectivity index (χ1) is 14.6. The van der Waals surface area contributed by atoms with Gasteiger partial charge in [0, 0.05) is 16.9 Å². The summed E-state index contributed by atoms with van der Waals surface area (Å²) in [6.45, 7) is 1.93. The minimum absolute atomic E-state index is 0.118. The molecule has 0 unspecified atom stereocenters. The van der Waals surface area contributed by atoms with Gasteiger partial charge in [-0.1, -0.05) is 6.07 Å². The highest BCUT2D eigenvalue weighted by Crippen LogP contribution is 2.37. The van der Waals surface area contributed by atoms with Crippen LogP contribution in [0.1, 0.15) is 38.1 Å². The number of amides is 2. The van der Waals surface area contributed by atoms with Gasteiger partial charge in [-0.3, -0.25) is 9.59 Å². The van der Waals surface area contributed by atoms with Crippen molar-refractivity contribution in [1.82, 2.24) is 10.3 Å². The van der Waals surface area contributed by atoms with Crippen LogP contribution in [0.3, 0.4) is 0 Å². The molecule has 8 heteroatoms. The Morgan fingerprint density at radius 3 is 2.60 bits per heavy atom. The number of aryl methyl sites for hydroxylation is 1. The Bertz CT molecular complexity index is 1070. The fourth-order valence-corrected chi connectivity index (χ4v) is 5.08. The molecule has 154 valence electrons. The largest absolute Gasteiger partial charge is 0.497 e. The molecule has 1 aromatic carbocycles. The molecule has 6 nitrogen and oxygen atoms in total. The van der Waals surface area contributed by atoms with Crippen molar-refractivity contribution in [2.24, 2.45) is 5.10 Å². The first-order valence-electron chi connectivity index (χ1n) is 9.46. The molecule has 0 radical (unpaired) electrons. The Labute approximate surface area is 182 Å². The number of thiophene rings is 2. The number of hydrogen-bond acceptors (Lipinski definition) is 6.